The molecule has 3 heteroatoms. The zero-order valence-electron chi connectivity index (χ0n) is 12.6. The van der Waals surface area contributed by atoms with Gasteiger partial charge >= 0.3 is 0 Å². The minimum Gasteiger partial charge on any atom is -0.323 e. The molecular weight excluding hydrogens is 272 g/mol. The lowest BCUT2D eigenvalue weighted by atomic mass is 10.1. The van der Waals surface area contributed by atoms with Crippen molar-refractivity contribution in [2.75, 3.05) is 6.54 Å². The molecule has 0 radical (unpaired) electrons. The molecule has 0 aromatic carbocycles. The molecule has 2 aliphatic carbocycles. The van der Waals surface area contributed by atoms with Gasteiger partial charge in [0, 0.05) is 18.7 Å². The zero-order valence-corrected chi connectivity index (χ0v) is 12.6. The average Bonchev–Trinajstić information content (AvgIpc) is 3.02. The van der Waals surface area contributed by atoms with Gasteiger partial charge in [-0.2, -0.15) is 0 Å². The van der Waals surface area contributed by atoms with E-state index in [9.17, 15) is 4.79 Å². The Morgan fingerprint density at radius 1 is 1.27 bits per heavy atom. The summed E-state index contributed by atoms with van der Waals surface area (Å²) in [4.78, 5) is 17.8. The van der Waals surface area contributed by atoms with Gasteiger partial charge in [0.25, 0.3) is 0 Å². The summed E-state index contributed by atoms with van der Waals surface area (Å²) in [5.74, 6) is 2.87. The Morgan fingerprint density at radius 2 is 2.05 bits per heavy atom. The van der Waals surface area contributed by atoms with Gasteiger partial charge < -0.3 is 4.90 Å². The van der Waals surface area contributed by atoms with Gasteiger partial charge in [-0.3, -0.25) is 9.78 Å². The molecule has 0 bridgehead atoms. The van der Waals surface area contributed by atoms with Crippen LogP contribution in [0.3, 0.4) is 0 Å². The van der Waals surface area contributed by atoms with Crippen LogP contribution in [0.25, 0.3) is 11.1 Å². The monoisotopic (exact) mass is 290 g/mol. The van der Waals surface area contributed by atoms with E-state index in [2.05, 4.69) is 35.2 Å². The quantitative estimate of drug-likeness (QED) is 0.679. The van der Waals surface area contributed by atoms with Crippen LogP contribution in [0, 0.1) is 18.3 Å². The van der Waals surface area contributed by atoms with Crippen molar-refractivity contribution in [3.8, 4) is 23.5 Å². The molecule has 110 valence electrons. The Hall–Kier alpha value is -2.60. The van der Waals surface area contributed by atoms with Crippen LogP contribution in [0.2, 0.25) is 0 Å². The van der Waals surface area contributed by atoms with E-state index in [1.165, 1.54) is 11.1 Å². The predicted molar refractivity (Wildman–Crippen MR) is 86.7 cm³/mol. The van der Waals surface area contributed by atoms with Gasteiger partial charge in [-0.25, -0.2) is 0 Å². The van der Waals surface area contributed by atoms with E-state index in [4.69, 9.17) is 6.42 Å². The van der Waals surface area contributed by atoms with Crippen LogP contribution in [-0.2, 0) is 4.79 Å². The highest BCUT2D eigenvalue weighted by Crippen LogP contribution is 2.32. The van der Waals surface area contributed by atoms with E-state index in [0.717, 1.165) is 18.7 Å². The number of terminal acetylenes is 1. The molecule has 1 amide bonds. The first-order valence-corrected chi connectivity index (χ1v) is 7.48. The van der Waals surface area contributed by atoms with Gasteiger partial charge in [0.05, 0.1) is 5.69 Å². The lowest BCUT2D eigenvalue weighted by Gasteiger charge is -2.23. The van der Waals surface area contributed by atoms with Gasteiger partial charge in [0.15, 0.2) is 0 Å². The normalized spacial score (nSPS) is 19.0. The Kier molecular flexibility index (Phi) is 3.93. The number of pyridine rings is 1. The first-order chi connectivity index (χ1) is 10.7. The number of likely N-dealkylation sites (tertiary alicyclic amines) is 1. The molecule has 2 atom stereocenters. The second kappa shape index (κ2) is 6.03. The van der Waals surface area contributed by atoms with Crippen molar-refractivity contribution in [2.24, 2.45) is 5.92 Å². The molecular formula is C19H18N2O. The molecule has 4 rings (SSSR count). The van der Waals surface area contributed by atoms with E-state index in [1.54, 1.807) is 11.1 Å². The van der Waals surface area contributed by atoms with Crippen molar-refractivity contribution in [1.29, 1.82) is 0 Å². The fourth-order valence-electron chi connectivity index (χ4n) is 2.65. The summed E-state index contributed by atoms with van der Waals surface area (Å²) in [6.07, 6.45) is 8.09. The summed E-state index contributed by atoms with van der Waals surface area (Å²) < 4.78 is 0. The van der Waals surface area contributed by atoms with Crippen molar-refractivity contribution >= 4 is 5.91 Å². The number of benzene rings is 1. The number of carbonyl (C=O) groups is 1. The SMILES string of the molecule is C#CC(c1ccccn1)N1CCC(C)C1=O.c1cc2cc-2c1. The smallest absolute Gasteiger partial charge is 0.226 e. The molecule has 1 aromatic rings. The minimum absolute atomic E-state index is 0.0829. The molecule has 3 nitrogen and oxygen atoms in total. The fourth-order valence-corrected chi connectivity index (χ4v) is 2.65. The molecule has 0 N–H and O–H groups in total. The van der Waals surface area contributed by atoms with Crippen LogP contribution in [-0.4, -0.2) is 22.3 Å². The third-order valence-electron chi connectivity index (χ3n) is 4.06. The number of hydrogen-bond donors (Lipinski definition) is 0. The van der Waals surface area contributed by atoms with Gasteiger partial charge in [-0.1, -0.05) is 37.1 Å². The van der Waals surface area contributed by atoms with Crippen LogP contribution < -0.4 is 0 Å². The topological polar surface area (TPSA) is 33.2 Å². The van der Waals surface area contributed by atoms with Gasteiger partial charge in [0.1, 0.15) is 6.04 Å². The van der Waals surface area contributed by atoms with Crippen molar-refractivity contribution in [3.05, 3.63) is 54.4 Å². The number of aromatic nitrogens is 1. The largest absolute Gasteiger partial charge is 0.323 e. The first-order valence-electron chi connectivity index (χ1n) is 7.48. The maximum absolute atomic E-state index is 11.9. The Morgan fingerprint density at radius 3 is 2.45 bits per heavy atom. The van der Waals surface area contributed by atoms with Crippen LogP contribution in [0.1, 0.15) is 25.1 Å². The van der Waals surface area contributed by atoms with E-state index in [-0.39, 0.29) is 17.9 Å². The van der Waals surface area contributed by atoms with Gasteiger partial charge in [0.2, 0.25) is 5.91 Å². The van der Waals surface area contributed by atoms with E-state index in [1.807, 2.05) is 25.1 Å². The maximum atomic E-state index is 11.9. The second-order valence-electron chi connectivity index (χ2n) is 5.63. The highest BCUT2D eigenvalue weighted by molar-refractivity contribution is 5.81. The molecule has 2 unspecified atom stereocenters. The predicted octanol–water partition coefficient (Wildman–Crippen LogP) is 3.29. The number of nitrogens with zero attached hydrogens (tertiary/aromatic N) is 2. The summed E-state index contributed by atoms with van der Waals surface area (Å²) in [6, 6.07) is 13.7. The van der Waals surface area contributed by atoms with Gasteiger partial charge in [-0.05, 0) is 35.7 Å². The van der Waals surface area contributed by atoms with E-state index >= 15 is 0 Å². The molecule has 0 spiro atoms. The Bertz CT molecular complexity index is 700. The lowest BCUT2D eigenvalue weighted by molar-refractivity contribution is -0.131. The van der Waals surface area contributed by atoms with Gasteiger partial charge in [-0.15, -0.1) is 6.42 Å². The minimum atomic E-state index is -0.321. The highest BCUT2D eigenvalue weighted by Gasteiger charge is 2.33. The number of hydrogen-bond acceptors (Lipinski definition) is 2. The molecule has 1 fully saturated rings. The van der Waals surface area contributed by atoms with E-state index in [0.29, 0.717) is 0 Å². The van der Waals surface area contributed by atoms with Crippen molar-refractivity contribution < 1.29 is 4.79 Å². The maximum Gasteiger partial charge on any atom is 0.226 e. The average molecular weight is 290 g/mol. The van der Waals surface area contributed by atoms with Crippen molar-refractivity contribution in [2.45, 2.75) is 19.4 Å². The molecule has 3 aliphatic rings. The lowest BCUT2D eigenvalue weighted by Crippen LogP contribution is -2.31. The molecule has 1 aliphatic heterocycles. The fraction of sp³-hybridized carbons (Fsp3) is 0.263. The van der Waals surface area contributed by atoms with Crippen LogP contribution in [0.5, 0.6) is 0 Å². The Balaban J connectivity index is 0.000000196. The molecule has 1 aromatic heterocycles. The first kappa shape index (κ1) is 14.3. The Labute approximate surface area is 131 Å². The third kappa shape index (κ3) is 2.87. The zero-order chi connectivity index (χ0) is 15.5. The van der Waals surface area contributed by atoms with Crippen molar-refractivity contribution in [1.82, 2.24) is 9.88 Å². The summed E-state index contributed by atoms with van der Waals surface area (Å²) in [6.45, 7) is 2.67. The van der Waals surface area contributed by atoms with Crippen molar-refractivity contribution in [3.63, 3.8) is 0 Å². The van der Waals surface area contributed by atoms with Crippen LogP contribution in [0.15, 0.2) is 48.7 Å². The standard InChI is InChI=1S/C13H14N2O.C6H4/c1-3-12(11-6-4-5-8-14-11)15-9-7-10(2)13(15)16;1-2-5-4-6(5)3-1/h1,4-6,8,10,12H,7,9H2,2H3;1-4H. The third-order valence-corrected chi connectivity index (χ3v) is 4.06. The summed E-state index contributed by atoms with van der Waals surface area (Å²) in [5, 5.41) is 0. The highest BCUT2D eigenvalue weighted by atomic mass is 16.2. The number of rotatable bonds is 2. The molecule has 1 saturated heterocycles. The summed E-state index contributed by atoms with van der Waals surface area (Å²) in [7, 11) is 0. The number of fused-ring (bicyclic) bond motifs is 1. The molecule has 22 heavy (non-hydrogen) atoms. The summed E-state index contributed by atoms with van der Waals surface area (Å²) in [5.41, 5.74) is 3.62. The number of amides is 1. The summed E-state index contributed by atoms with van der Waals surface area (Å²) >= 11 is 0. The molecule has 0 saturated carbocycles. The van der Waals surface area contributed by atoms with Crippen LogP contribution >= 0.6 is 0 Å². The molecule has 2 heterocycles. The second-order valence-corrected chi connectivity index (χ2v) is 5.63. The van der Waals surface area contributed by atoms with Crippen LogP contribution in [0.4, 0.5) is 0 Å². The number of carbonyl (C=O) groups excluding carboxylic acids is 1. The van der Waals surface area contributed by atoms with E-state index < -0.39 is 0 Å².